The highest BCUT2D eigenvalue weighted by Crippen LogP contribution is 2.34. The van der Waals surface area contributed by atoms with Gasteiger partial charge in [0.05, 0.1) is 27.6 Å². The summed E-state index contributed by atoms with van der Waals surface area (Å²) in [5, 5.41) is 21.5. The number of aromatic carboxylic acids is 1. The topological polar surface area (TPSA) is 99.5 Å². The van der Waals surface area contributed by atoms with Gasteiger partial charge in [-0.15, -0.1) is 11.3 Å². The first-order chi connectivity index (χ1) is 11.5. The monoisotopic (exact) mass is 362 g/mol. The summed E-state index contributed by atoms with van der Waals surface area (Å²) in [7, 11) is 0. The third-order valence-electron chi connectivity index (χ3n) is 3.32. The van der Waals surface area contributed by atoms with E-state index in [1.807, 2.05) is 0 Å². The molecule has 0 aliphatic rings. The number of amides is 1. The average Bonchev–Trinajstić information content (AvgIpc) is 3.01. The predicted molar refractivity (Wildman–Crippen MR) is 91.9 cm³/mol. The summed E-state index contributed by atoms with van der Waals surface area (Å²) in [6, 6.07) is 9.00. The first-order valence-electron chi connectivity index (χ1n) is 6.83. The van der Waals surface area contributed by atoms with Gasteiger partial charge >= 0.3 is 5.97 Å². The van der Waals surface area contributed by atoms with Crippen molar-refractivity contribution in [2.75, 3.05) is 5.32 Å². The lowest BCUT2D eigenvalue weighted by Crippen LogP contribution is -2.12. The quantitative estimate of drug-likeness (QED) is 0.660. The Morgan fingerprint density at radius 3 is 2.42 bits per heavy atom. The fourth-order valence-corrected chi connectivity index (χ4v) is 3.28. The molecule has 122 valence electrons. The molecule has 1 heterocycles. The third kappa shape index (κ3) is 3.09. The van der Waals surface area contributed by atoms with Crippen molar-refractivity contribution in [2.45, 2.75) is 6.61 Å². The van der Waals surface area contributed by atoms with E-state index in [2.05, 4.69) is 10.3 Å². The van der Waals surface area contributed by atoms with Crippen LogP contribution in [0.5, 0.6) is 0 Å². The molecule has 0 saturated heterocycles. The molecule has 24 heavy (non-hydrogen) atoms. The maximum Gasteiger partial charge on any atom is 0.335 e. The Morgan fingerprint density at radius 2 is 1.79 bits per heavy atom. The van der Waals surface area contributed by atoms with E-state index in [4.69, 9.17) is 21.8 Å². The van der Waals surface area contributed by atoms with E-state index in [1.165, 1.54) is 35.6 Å². The molecule has 1 amide bonds. The lowest BCUT2D eigenvalue weighted by molar-refractivity contribution is 0.0696. The Balaban J connectivity index is 1.87. The molecule has 2 aromatic carbocycles. The van der Waals surface area contributed by atoms with Crippen molar-refractivity contribution in [3.63, 3.8) is 0 Å². The number of aliphatic hydroxyl groups excluding tert-OH is 1. The van der Waals surface area contributed by atoms with Crippen molar-refractivity contribution < 1.29 is 19.8 Å². The highest BCUT2D eigenvalue weighted by atomic mass is 35.5. The molecule has 3 rings (SSSR count). The normalized spacial score (nSPS) is 10.8. The van der Waals surface area contributed by atoms with Gasteiger partial charge in [0, 0.05) is 5.56 Å². The minimum Gasteiger partial charge on any atom is -0.478 e. The van der Waals surface area contributed by atoms with E-state index in [9.17, 15) is 9.59 Å². The molecule has 0 fully saturated rings. The number of halogens is 1. The minimum absolute atomic E-state index is 0.102. The number of rotatable bonds is 4. The van der Waals surface area contributed by atoms with Gasteiger partial charge in [0.15, 0.2) is 0 Å². The van der Waals surface area contributed by atoms with Crippen molar-refractivity contribution in [3.8, 4) is 0 Å². The Morgan fingerprint density at radius 1 is 1.12 bits per heavy atom. The smallest absolute Gasteiger partial charge is 0.335 e. The Hall–Kier alpha value is -2.48. The van der Waals surface area contributed by atoms with Crippen LogP contribution in [0.2, 0.25) is 5.02 Å². The van der Waals surface area contributed by atoms with Gasteiger partial charge in [0.25, 0.3) is 5.91 Å². The van der Waals surface area contributed by atoms with Gasteiger partial charge in [-0.2, -0.15) is 0 Å². The number of carbonyl (C=O) groups is 2. The molecule has 1 aromatic heterocycles. The Kier molecular flexibility index (Phi) is 4.48. The SMILES string of the molecule is O=C(O)c1ccc(C(=O)Nc2ccc3sc(CO)nc3c2Cl)cc1. The zero-order valence-electron chi connectivity index (χ0n) is 12.1. The van der Waals surface area contributed by atoms with E-state index in [-0.39, 0.29) is 12.2 Å². The van der Waals surface area contributed by atoms with Crippen LogP contribution >= 0.6 is 22.9 Å². The number of fused-ring (bicyclic) bond motifs is 1. The van der Waals surface area contributed by atoms with Gasteiger partial charge in [-0.1, -0.05) is 11.6 Å². The summed E-state index contributed by atoms with van der Waals surface area (Å²) in [4.78, 5) is 27.3. The number of aromatic nitrogens is 1. The molecular weight excluding hydrogens is 352 g/mol. The van der Waals surface area contributed by atoms with Crippen LogP contribution < -0.4 is 5.32 Å². The summed E-state index contributed by atoms with van der Waals surface area (Å²) in [6.07, 6.45) is 0. The molecular formula is C16H11ClN2O4S. The average molecular weight is 363 g/mol. The molecule has 3 aromatic rings. The van der Waals surface area contributed by atoms with Crippen molar-refractivity contribution in [3.05, 3.63) is 57.6 Å². The fourth-order valence-electron chi connectivity index (χ4n) is 2.13. The molecule has 0 aliphatic carbocycles. The van der Waals surface area contributed by atoms with E-state index in [0.29, 0.717) is 26.8 Å². The number of carbonyl (C=O) groups excluding carboxylic acids is 1. The van der Waals surface area contributed by atoms with Crippen molar-refractivity contribution >= 4 is 50.7 Å². The van der Waals surface area contributed by atoms with Crippen molar-refractivity contribution in [2.24, 2.45) is 0 Å². The zero-order valence-corrected chi connectivity index (χ0v) is 13.7. The van der Waals surface area contributed by atoms with Crippen LogP contribution in [0, 0.1) is 0 Å². The zero-order chi connectivity index (χ0) is 17.3. The largest absolute Gasteiger partial charge is 0.478 e. The lowest BCUT2D eigenvalue weighted by Gasteiger charge is -2.08. The van der Waals surface area contributed by atoms with Crippen LogP contribution in [-0.4, -0.2) is 27.1 Å². The highest BCUT2D eigenvalue weighted by Gasteiger charge is 2.14. The van der Waals surface area contributed by atoms with E-state index in [1.54, 1.807) is 12.1 Å². The fraction of sp³-hybridized carbons (Fsp3) is 0.0625. The van der Waals surface area contributed by atoms with Crippen LogP contribution in [0.25, 0.3) is 10.2 Å². The summed E-state index contributed by atoms with van der Waals surface area (Å²) in [5.74, 6) is -1.47. The van der Waals surface area contributed by atoms with Gasteiger partial charge < -0.3 is 15.5 Å². The van der Waals surface area contributed by atoms with E-state index >= 15 is 0 Å². The summed E-state index contributed by atoms with van der Waals surface area (Å²) in [5.41, 5.74) is 1.33. The molecule has 0 spiro atoms. The standard InChI is InChI=1S/C16H11ClN2O4S/c17-13-10(5-6-11-14(13)19-12(7-20)24-11)18-15(21)8-1-3-9(4-2-8)16(22)23/h1-6,20H,7H2,(H,18,21)(H,22,23). The predicted octanol–water partition coefficient (Wildman–Crippen LogP) is 3.39. The lowest BCUT2D eigenvalue weighted by atomic mass is 10.1. The Bertz CT molecular complexity index is 937. The van der Waals surface area contributed by atoms with Crippen molar-refractivity contribution in [1.82, 2.24) is 4.98 Å². The second-order valence-electron chi connectivity index (χ2n) is 4.88. The third-order valence-corrected chi connectivity index (χ3v) is 4.71. The summed E-state index contributed by atoms with van der Waals surface area (Å²) in [6.45, 7) is -0.173. The number of carboxylic acid groups (broad SMARTS) is 1. The van der Waals surface area contributed by atoms with Gasteiger partial charge in [-0.05, 0) is 36.4 Å². The van der Waals surface area contributed by atoms with Gasteiger partial charge in [-0.3, -0.25) is 4.79 Å². The van der Waals surface area contributed by atoms with Crippen LogP contribution in [0.3, 0.4) is 0 Å². The Labute approximate surface area is 145 Å². The van der Waals surface area contributed by atoms with E-state index < -0.39 is 11.9 Å². The number of hydrogen-bond donors (Lipinski definition) is 3. The second kappa shape index (κ2) is 6.56. The summed E-state index contributed by atoms with van der Waals surface area (Å²) >= 11 is 7.61. The maximum atomic E-state index is 12.3. The van der Waals surface area contributed by atoms with Crippen LogP contribution in [0.15, 0.2) is 36.4 Å². The van der Waals surface area contributed by atoms with Crippen LogP contribution in [0.1, 0.15) is 25.7 Å². The number of carboxylic acids is 1. The molecule has 6 nitrogen and oxygen atoms in total. The number of nitrogens with one attached hydrogen (secondary N) is 1. The number of thiazole rings is 1. The molecule has 0 bridgehead atoms. The summed E-state index contributed by atoms with van der Waals surface area (Å²) < 4.78 is 0.813. The molecule has 0 saturated carbocycles. The van der Waals surface area contributed by atoms with Gasteiger partial charge in [-0.25, -0.2) is 9.78 Å². The van der Waals surface area contributed by atoms with E-state index in [0.717, 1.165) is 4.70 Å². The number of anilines is 1. The molecule has 8 heteroatoms. The number of aliphatic hydroxyl groups is 1. The second-order valence-corrected chi connectivity index (χ2v) is 6.37. The highest BCUT2D eigenvalue weighted by molar-refractivity contribution is 7.18. The van der Waals surface area contributed by atoms with Crippen molar-refractivity contribution in [1.29, 1.82) is 0 Å². The number of hydrogen-bond acceptors (Lipinski definition) is 5. The minimum atomic E-state index is -1.06. The maximum absolute atomic E-state index is 12.3. The first-order valence-corrected chi connectivity index (χ1v) is 8.02. The first kappa shape index (κ1) is 16.4. The molecule has 0 aliphatic heterocycles. The van der Waals surface area contributed by atoms with Crippen LogP contribution in [-0.2, 0) is 6.61 Å². The molecule has 0 atom stereocenters. The van der Waals surface area contributed by atoms with Crippen LogP contribution in [0.4, 0.5) is 5.69 Å². The van der Waals surface area contributed by atoms with Gasteiger partial charge in [0.1, 0.15) is 10.5 Å². The molecule has 0 radical (unpaired) electrons. The number of nitrogens with zero attached hydrogens (tertiary/aromatic N) is 1. The number of benzene rings is 2. The van der Waals surface area contributed by atoms with Gasteiger partial charge in [0.2, 0.25) is 0 Å². The molecule has 0 unspecified atom stereocenters. The molecule has 3 N–H and O–H groups in total.